The summed E-state index contributed by atoms with van der Waals surface area (Å²) in [6.45, 7) is 11.1. The van der Waals surface area contributed by atoms with Crippen molar-refractivity contribution in [1.82, 2.24) is 4.98 Å². The molecule has 3 rings (SSSR count). The van der Waals surface area contributed by atoms with Crippen LogP contribution >= 0.6 is 0 Å². The first-order valence-electron chi connectivity index (χ1n) is 9.24. The number of para-hydroxylation sites is 1. The van der Waals surface area contributed by atoms with Crippen LogP contribution in [0, 0.1) is 5.41 Å². The number of fused-ring (bicyclic) bond motifs is 1. The molecule has 1 unspecified atom stereocenters. The highest BCUT2D eigenvalue weighted by Crippen LogP contribution is 2.30. The van der Waals surface area contributed by atoms with E-state index in [0.717, 1.165) is 42.0 Å². The molecular weight excluding hydrogens is 296 g/mol. The van der Waals surface area contributed by atoms with Crippen LogP contribution in [0.3, 0.4) is 0 Å². The fourth-order valence-electron chi connectivity index (χ4n) is 3.62. The van der Waals surface area contributed by atoms with Gasteiger partial charge in [-0.25, -0.2) is 4.98 Å². The molecule has 0 spiro atoms. The minimum atomic E-state index is 0.177. The number of hydrogen-bond acceptors (Lipinski definition) is 3. The summed E-state index contributed by atoms with van der Waals surface area (Å²) < 4.78 is 6.26. The maximum atomic E-state index is 6.26. The smallest absolute Gasteiger partial charge is 0.146 e. The molecule has 1 aromatic carbocycles. The lowest BCUT2D eigenvalue weighted by Crippen LogP contribution is -2.30. The second-order valence-electron chi connectivity index (χ2n) is 8.24. The molecule has 3 nitrogen and oxygen atoms in total. The first-order chi connectivity index (χ1) is 11.4. The molecule has 1 atom stereocenters. The van der Waals surface area contributed by atoms with Crippen LogP contribution in [0.2, 0.25) is 0 Å². The molecule has 0 aliphatic carbocycles. The molecule has 0 saturated carbocycles. The van der Waals surface area contributed by atoms with Gasteiger partial charge >= 0.3 is 0 Å². The first-order valence-corrected chi connectivity index (χ1v) is 9.24. The summed E-state index contributed by atoms with van der Waals surface area (Å²) in [4.78, 5) is 7.35. The topological polar surface area (TPSA) is 25.4 Å². The molecule has 1 saturated heterocycles. The van der Waals surface area contributed by atoms with Crippen molar-refractivity contribution < 1.29 is 4.74 Å². The summed E-state index contributed by atoms with van der Waals surface area (Å²) in [6, 6.07) is 10.5. The van der Waals surface area contributed by atoms with E-state index in [2.05, 4.69) is 62.9 Å². The molecule has 24 heavy (non-hydrogen) atoms. The van der Waals surface area contributed by atoms with Crippen LogP contribution in [-0.4, -0.2) is 24.2 Å². The molecule has 0 amide bonds. The van der Waals surface area contributed by atoms with E-state index in [9.17, 15) is 0 Å². The van der Waals surface area contributed by atoms with Gasteiger partial charge in [0.15, 0.2) is 0 Å². The summed E-state index contributed by atoms with van der Waals surface area (Å²) in [7, 11) is 0. The van der Waals surface area contributed by atoms with Crippen LogP contribution in [0.5, 0.6) is 5.75 Å². The quantitative estimate of drug-likeness (QED) is 0.749. The first kappa shape index (κ1) is 17.1. The van der Waals surface area contributed by atoms with Gasteiger partial charge < -0.3 is 9.64 Å². The van der Waals surface area contributed by atoms with Crippen LogP contribution in [0.4, 0.5) is 5.82 Å². The van der Waals surface area contributed by atoms with Gasteiger partial charge in [-0.1, -0.05) is 32.9 Å². The molecule has 130 valence electrons. The number of aromatic nitrogens is 1. The monoisotopic (exact) mass is 326 g/mol. The average molecular weight is 326 g/mol. The van der Waals surface area contributed by atoms with Crippen molar-refractivity contribution >= 4 is 16.7 Å². The van der Waals surface area contributed by atoms with Gasteiger partial charge in [-0.3, -0.25) is 0 Å². The van der Waals surface area contributed by atoms with Crippen molar-refractivity contribution in [3.8, 4) is 5.75 Å². The number of anilines is 1. The number of rotatable bonds is 4. The third kappa shape index (κ3) is 4.19. The predicted molar refractivity (Wildman–Crippen MR) is 102 cm³/mol. The zero-order valence-electron chi connectivity index (χ0n) is 15.5. The highest BCUT2D eigenvalue weighted by atomic mass is 16.5. The Morgan fingerprint density at radius 3 is 2.54 bits per heavy atom. The van der Waals surface area contributed by atoms with Crippen LogP contribution in [-0.2, 0) is 0 Å². The van der Waals surface area contributed by atoms with Gasteiger partial charge in [-0.2, -0.15) is 0 Å². The summed E-state index contributed by atoms with van der Waals surface area (Å²) in [5, 5.41) is 1.15. The minimum absolute atomic E-state index is 0.177. The summed E-state index contributed by atoms with van der Waals surface area (Å²) in [5.74, 6) is 1.99. The third-order valence-corrected chi connectivity index (χ3v) is 4.58. The predicted octanol–water partition coefficient (Wildman–Crippen LogP) is 5.43. The van der Waals surface area contributed by atoms with Gasteiger partial charge in [0.2, 0.25) is 0 Å². The van der Waals surface area contributed by atoms with Crippen molar-refractivity contribution in [3.05, 3.63) is 30.3 Å². The Hall–Kier alpha value is -1.77. The molecule has 1 fully saturated rings. The largest absolute Gasteiger partial charge is 0.488 e. The second kappa shape index (κ2) is 7.00. The van der Waals surface area contributed by atoms with Crippen LogP contribution in [0.15, 0.2) is 30.3 Å². The van der Waals surface area contributed by atoms with Crippen molar-refractivity contribution in [1.29, 1.82) is 0 Å². The molecule has 2 heterocycles. The van der Waals surface area contributed by atoms with Crippen molar-refractivity contribution in [2.45, 2.75) is 59.5 Å². The Morgan fingerprint density at radius 1 is 1.08 bits per heavy atom. The van der Waals surface area contributed by atoms with E-state index in [4.69, 9.17) is 9.72 Å². The fraction of sp³-hybridized carbons (Fsp3) is 0.571. The zero-order valence-corrected chi connectivity index (χ0v) is 15.5. The van der Waals surface area contributed by atoms with Crippen molar-refractivity contribution in [2.75, 3.05) is 18.0 Å². The van der Waals surface area contributed by atoms with Crippen LogP contribution in [0.1, 0.15) is 53.4 Å². The van der Waals surface area contributed by atoms with E-state index in [-0.39, 0.29) is 11.5 Å². The van der Waals surface area contributed by atoms with Gasteiger partial charge in [-0.05, 0) is 56.2 Å². The second-order valence-corrected chi connectivity index (χ2v) is 8.24. The number of ether oxygens (including phenoxy) is 1. The molecule has 2 aromatic rings. The molecule has 1 aliphatic rings. The van der Waals surface area contributed by atoms with Crippen molar-refractivity contribution in [2.24, 2.45) is 5.41 Å². The summed E-state index contributed by atoms with van der Waals surface area (Å²) >= 11 is 0. The van der Waals surface area contributed by atoms with Gasteiger partial charge in [0, 0.05) is 18.5 Å². The number of benzene rings is 1. The van der Waals surface area contributed by atoms with Gasteiger partial charge in [-0.15, -0.1) is 0 Å². The normalized spacial score (nSPS) is 17.1. The molecule has 3 heteroatoms. The Morgan fingerprint density at radius 2 is 1.83 bits per heavy atom. The maximum absolute atomic E-state index is 6.26. The molecule has 1 aromatic heterocycles. The Balaban J connectivity index is 1.87. The van der Waals surface area contributed by atoms with E-state index in [0.29, 0.717) is 0 Å². The Labute approximate surface area is 146 Å². The number of hydrogen-bond donors (Lipinski definition) is 0. The number of nitrogens with zero attached hydrogens (tertiary/aromatic N) is 2. The minimum Gasteiger partial charge on any atom is -0.488 e. The van der Waals surface area contributed by atoms with E-state index < -0.39 is 0 Å². The Kier molecular flexibility index (Phi) is 4.98. The third-order valence-electron chi connectivity index (χ3n) is 4.58. The van der Waals surface area contributed by atoms with Crippen molar-refractivity contribution in [3.63, 3.8) is 0 Å². The van der Waals surface area contributed by atoms with E-state index >= 15 is 0 Å². The standard InChI is InChI=1S/C21H30N2O/c1-16(15-21(2,3)4)24-18-10-8-9-17-11-12-19(22-20(17)18)23-13-6-5-7-14-23/h8-12,16H,5-7,13-15H2,1-4H3. The SMILES string of the molecule is CC(CC(C)(C)C)Oc1cccc2ccc(N3CCCCC3)nc12. The molecule has 0 radical (unpaired) electrons. The summed E-state index contributed by atoms with van der Waals surface area (Å²) in [5.41, 5.74) is 1.25. The lowest BCUT2D eigenvalue weighted by atomic mass is 9.90. The molecule has 0 N–H and O–H groups in total. The highest BCUT2D eigenvalue weighted by Gasteiger charge is 2.18. The zero-order chi connectivity index (χ0) is 17.2. The van der Waals surface area contributed by atoms with Gasteiger partial charge in [0.05, 0.1) is 6.10 Å². The number of piperidine rings is 1. The Bertz CT molecular complexity index is 684. The van der Waals surface area contributed by atoms with Gasteiger partial charge in [0.25, 0.3) is 0 Å². The molecule has 1 aliphatic heterocycles. The lowest BCUT2D eigenvalue weighted by molar-refractivity contribution is 0.162. The van der Waals surface area contributed by atoms with Crippen LogP contribution in [0.25, 0.3) is 10.9 Å². The van der Waals surface area contributed by atoms with E-state index in [1.54, 1.807) is 0 Å². The van der Waals surface area contributed by atoms with Gasteiger partial charge in [0.1, 0.15) is 17.1 Å². The lowest BCUT2D eigenvalue weighted by Gasteiger charge is -2.28. The fourth-order valence-corrected chi connectivity index (χ4v) is 3.62. The summed E-state index contributed by atoms with van der Waals surface area (Å²) in [6.07, 6.45) is 5.06. The van der Waals surface area contributed by atoms with E-state index in [1.165, 1.54) is 19.3 Å². The van der Waals surface area contributed by atoms with E-state index in [1.807, 2.05) is 0 Å². The molecule has 0 bridgehead atoms. The average Bonchev–Trinajstić information content (AvgIpc) is 2.54. The van der Waals surface area contributed by atoms with Crippen LogP contribution < -0.4 is 9.64 Å². The maximum Gasteiger partial charge on any atom is 0.146 e. The highest BCUT2D eigenvalue weighted by molar-refractivity contribution is 5.86. The molecular formula is C21H30N2O. The number of pyridine rings is 1.